The molecule has 1 unspecified atom stereocenters. The van der Waals surface area contributed by atoms with Crippen LogP contribution in [0.3, 0.4) is 0 Å². The Morgan fingerprint density at radius 2 is 1.62 bits per heavy atom. The quantitative estimate of drug-likeness (QED) is 0.804. The number of nitrogens with zero attached hydrogens (tertiary/aromatic N) is 2. The van der Waals surface area contributed by atoms with Crippen LogP contribution in [0.1, 0.15) is 33.1 Å². The van der Waals surface area contributed by atoms with E-state index < -0.39 is 12.3 Å². The van der Waals surface area contributed by atoms with Crippen LogP contribution in [-0.2, 0) is 9.47 Å². The maximum absolute atomic E-state index is 13.3. The third kappa shape index (κ3) is 3.52. The molecule has 0 saturated heterocycles. The lowest BCUT2D eigenvalue weighted by Crippen LogP contribution is -2.38. The highest BCUT2D eigenvalue weighted by molar-refractivity contribution is 5.94. The normalized spacial score (nSPS) is 36.4. The topological polar surface area (TPSA) is 43.2 Å². The standard InChI is InChI=1S/C15H24F2N2O2/c1-8(2)13-15(21-4)18-12(14(19-13)20-3)7-9-5-10(16)11(17)6-9/h8-13H,5-7H2,1-4H3/t9?,10-,11+,12-,13+/m0/s1. The van der Waals surface area contributed by atoms with Gasteiger partial charge in [-0.05, 0) is 31.1 Å². The van der Waals surface area contributed by atoms with E-state index in [0.29, 0.717) is 18.2 Å². The third-order valence-electron chi connectivity index (χ3n) is 4.20. The van der Waals surface area contributed by atoms with Gasteiger partial charge in [-0.25, -0.2) is 18.8 Å². The Labute approximate surface area is 124 Å². The smallest absolute Gasteiger partial charge is 0.209 e. The average molecular weight is 302 g/mol. The molecule has 0 aromatic rings. The zero-order chi connectivity index (χ0) is 15.6. The minimum Gasteiger partial charge on any atom is -0.483 e. The summed E-state index contributed by atoms with van der Waals surface area (Å²) in [6.07, 6.45) is -1.66. The minimum absolute atomic E-state index is 0.0298. The van der Waals surface area contributed by atoms with Crippen molar-refractivity contribution in [3.63, 3.8) is 0 Å². The van der Waals surface area contributed by atoms with Gasteiger partial charge in [-0.2, -0.15) is 0 Å². The monoisotopic (exact) mass is 302 g/mol. The van der Waals surface area contributed by atoms with Crippen LogP contribution in [0.5, 0.6) is 0 Å². The van der Waals surface area contributed by atoms with Crippen molar-refractivity contribution in [3.05, 3.63) is 0 Å². The van der Waals surface area contributed by atoms with Gasteiger partial charge in [0.2, 0.25) is 11.8 Å². The largest absolute Gasteiger partial charge is 0.483 e. The molecule has 1 saturated carbocycles. The van der Waals surface area contributed by atoms with E-state index in [2.05, 4.69) is 9.98 Å². The molecule has 2 aliphatic rings. The molecule has 6 heteroatoms. The number of hydrogen-bond donors (Lipinski definition) is 0. The van der Waals surface area contributed by atoms with E-state index in [1.54, 1.807) is 14.2 Å². The number of rotatable bonds is 3. The van der Waals surface area contributed by atoms with Crippen LogP contribution in [0.4, 0.5) is 8.78 Å². The van der Waals surface area contributed by atoms with Crippen LogP contribution in [0.15, 0.2) is 9.98 Å². The molecule has 5 atom stereocenters. The van der Waals surface area contributed by atoms with Gasteiger partial charge in [0.05, 0.1) is 14.2 Å². The Morgan fingerprint density at radius 3 is 2.10 bits per heavy atom. The second-order valence-electron chi connectivity index (χ2n) is 6.15. The van der Waals surface area contributed by atoms with E-state index in [1.165, 1.54) is 0 Å². The van der Waals surface area contributed by atoms with Gasteiger partial charge in [-0.15, -0.1) is 0 Å². The first-order valence-electron chi connectivity index (χ1n) is 7.47. The third-order valence-corrected chi connectivity index (χ3v) is 4.20. The van der Waals surface area contributed by atoms with Gasteiger partial charge < -0.3 is 9.47 Å². The zero-order valence-corrected chi connectivity index (χ0v) is 13.1. The number of halogens is 2. The minimum atomic E-state index is -1.35. The molecule has 0 bridgehead atoms. The maximum atomic E-state index is 13.3. The fraction of sp³-hybridized carbons (Fsp3) is 0.867. The van der Waals surface area contributed by atoms with Gasteiger partial charge in [0.15, 0.2) is 0 Å². The Kier molecular flexibility index (Phi) is 5.17. The Morgan fingerprint density at radius 1 is 1.05 bits per heavy atom. The highest BCUT2D eigenvalue weighted by Gasteiger charge is 2.38. The van der Waals surface area contributed by atoms with Crippen LogP contribution >= 0.6 is 0 Å². The van der Waals surface area contributed by atoms with Crippen molar-refractivity contribution in [1.82, 2.24) is 0 Å². The van der Waals surface area contributed by atoms with Crippen molar-refractivity contribution < 1.29 is 18.3 Å². The van der Waals surface area contributed by atoms with Gasteiger partial charge >= 0.3 is 0 Å². The molecule has 1 fully saturated rings. The number of aliphatic imine (C=N–C) groups is 2. The molecular weight excluding hydrogens is 278 g/mol. The van der Waals surface area contributed by atoms with Gasteiger partial charge in [0.1, 0.15) is 24.4 Å². The fourth-order valence-corrected chi connectivity index (χ4v) is 3.05. The van der Waals surface area contributed by atoms with Crippen molar-refractivity contribution in [2.24, 2.45) is 21.8 Å². The summed E-state index contributed by atoms with van der Waals surface area (Å²) in [5.41, 5.74) is 0. The van der Waals surface area contributed by atoms with E-state index in [9.17, 15) is 8.78 Å². The molecule has 4 nitrogen and oxygen atoms in total. The van der Waals surface area contributed by atoms with Gasteiger partial charge in [-0.1, -0.05) is 13.8 Å². The van der Waals surface area contributed by atoms with Crippen molar-refractivity contribution in [1.29, 1.82) is 0 Å². The molecule has 120 valence electrons. The average Bonchev–Trinajstić information content (AvgIpc) is 2.76. The van der Waals surface area contributed by atoms with Crippen LogP contribution in [0.25, 0.3) is 0 Å². The van der Waals surface area contributed by atoms with E-state index in [4.69, 9.17) is 9.47 Å². The van der Waals surface area contributed by atoms with E-state index in [-0.39, 0.29) is 36.8 Å². The molecular formula is C15H24F2N2O2. The molecule has 0 N–H and O–H groups in total. The van der Waals surface area contributed by atoms with Crippen LogP contribution in [0.2, 0.25) is 0 Å². The predicted molar refractivity (Wildman–Crippen MR) is 78.4 cm³/mol. The van der Waals surface area contributed by atoms with Crippen LogP contribution in [0, 0.1) is 11.8 Å². The first-order valence-corrected chi connectivity index (χ1v) is 7.47. The van der Waals surface area contributed by atoms with Crippen molar-refractivity contribution in [2.45, 2.75) is 57.5 Å². The summed E-state index contributed by atoms with van der Waals surface area (Å²) in [5, 5.41) is 0. The van der Waals surface area contributed by atoms with Gasteiger partial charge in [0.25, 0.3) is 0 Å². The van der Waals surface area contributed by atoms with Crippen LogP contribution in [-0.4, -0.2) is 50.4 Å². The molecule has 0 radical (unpaired) electrons. The second-order valence-corrected chi connectivity index (χ2v) is 6.15. The second kappa shape index (κ2) is 6.71. The summed E-state index contributed by atoms with van der Waals surface area (Å²) in [6, 6.07) is -0.463. The zero-order valence-electron chi connectivity index (χ0n) is 13.1. The molecule has 0 aromatic carbocycles. The lowest BCUT2D eigenvalue weighted by Gasteiger charge is -2.28. The SMILES string of the molecule is COC1=N[C@H](C(C)C)C(OC)=N[C@H]1CC1C[C@@H](F)[C@@H](F)C1. The lowest BCUT2D eigenvalue weighted by atomic mass is 9.96. The summed E-state index contributed by atoms with van der Waals surface area (Å²) in [4.78, 5) is 9.13. The molecule has 1 heterocycles. The first-order chi connectivity index (χ1) is 9.96. The van der Waals surface area contributed by atoms with E-state index in [0.717, 1.165) is 0 Å². The van der Waals surface area contributed by atoms with E-state index in [1.807, 2.05) is 13.8 Å². The summed E-state index contributed by atoms with van der Waals surface area (Å²) in [5.74, 6) is 1.32. The predicted octanol–water partition coefficient (Wildman–Crippen LogP) is 2.96. The number of methoxy groups -OCH3 is 2. The maximum Gasteiger partial charge on any atom is 0.209 e. The van der Waals surface area contributed by atoms with Gasteiger partial charge in [0, 0.05) is 0 Å². The summed E-state index contributed by atoms with van der Waals surface area (Å²) < 4.78 is 37.3. The first kappa shape index (κ1) is 16.2. The molecule has 2 rings (SSSR count). The van der Waals surface area contributed by atoms with Crippen molar-refractivity contribution in [2.75, 3.05) is 14.2 Å². The molecule has 1 aliphatic carbocycles. The number of ether oxygens (including phenoxy) is 2. The summed E-state index contributed by atoms with van der Waals surface area (Å²) >= 11 is 0. The fourth-order valence-electron chi connectivity index (χ4n) is 3.05. The Bertz CT molecular complexity index is 416. The molecule has 0 aromatic heterocycles. The molecule has 0 amide bonds. The Hall–Kier alpha value is -1.20. The lowest BCUT2D eigenvalue weighted by molar-refractivity contribution is 0.199. The highest BCUT2D eigenvalue weighted by Crippen LogP contribution is 2.35. The molecule has 1 aliphatic heterocycles. The molecule has 21 heavy (non-hydrogen) atoms. The van der Waals surface area contributed by atoms with E-state index >= 15 is 0 Å². The Balaban J connectivity index is 2.11. The summed E-state index contributed by atoms with van der Waals surface area (Å²) in [6.45, 7) is 4.07. The summed E-state index contributed by atoms with van der Waals surface area (Å²) in [7, 11) is 3.13. The van der Waals surface area contributed by atoms with Crippen molar-refractivity contribution in [3.8, 4) is 0 Å². The highest BCUT2D eigenvalue weighted by atomic mass is 19.2. The van der Waals surface area contributed by atoms with Crippen LogP contribution < -0.4 is 0 Å². The van der Waals surface area contributed by atoms with Gasteiger partial charge in [-0.3, -0.25) is 0 Å². The number of hydrogen-bond acceptors (Lipinski definition) is 4. The number of alkyl halides is 2. The molecule has 0 spiro atoms. The van der Waals surface area contributed by atoms with Crippen molar-refractivity contribution >= 4 is 11.8 Å².